The normalized spacial score (nSPS) is 19.0. The molecule has 190 valence electrons. The van der Waals surface area contributed by atoms with Gasteiger partial charge in [0.05, 0.1) is 23.7 Å². The summed E-state index contributed by atoms with van der Waals surface area (Å²) < 4.78 is 37.2. The molecule has 1 heterocycles. The summed E-state index contributed by atoms with van der Waals surface area (Å²) >= 11 is 0. The second-order valence-corrected chi connectivity index (χ2v) is 10.8. The maximum Gasteiger partial charge on any atom is 0.338 e. The predicted octanol–water partition coefficient (Wildman–Crippen LogP) is 2.03. The number of nitrogens with one attached hydrogen (secondary N) is 1. The van der Waals surface area contributed by atoms with E-state index < -0.39 is 16.0 Å². The van der Waals surface area contributed by atoms with Crippen molar-refractivity contribution in [2.45, 2.75) is 56.4 Å². The van der Waals surface area contributed by atoms with Gasteiger partial charge in [0.15, 0.2) is 6.61 Å². The summed E-state index contributed by atoms with van der Waals surface area (Å²) in [6.07, 6.45) is 5.57. The topological polar surface area (TPSA) is 105 Å². The van der Waals surface area contributed by atoms with Gasteiger partial charge in [0.25, 0.3) is 5.91 Å². The number of benzene rings is 1. The minimum absolute atomic E-state index is 0.0616. The Hall–Kier alpha value is -2.01. The van der Waals surface area contributed by atoms with Crippen LogP contribution < -0.4 is 5.32 Å². The van der Waals surface area contributed by atoms with Gasteiger partial charge in [-0.1, -0.05) is 33.1 Å². The lowest BCUT2D eigenvalue weighted by atomic mass is 9.79. The molecule has 0 bridgehead atoms. The van der Waals surface area contributed by atoms with Crippen molar-refractivity contribution in [2.24, 2.45) is 0 Å². The number of carbonyl (C=O) groups excluding carboxylic acids is 2. The maximum absolute atomic E-state index is 12.6. The predicted molar refractivity (Wildman–Crippen MR) is 128 cm³/mol. The smallest absolute Gasteiger partial charge is 0.338 e. The fraction of sp³-hybridized carbons (Fsp3) is 0.667. The third-order valence-corrected chi connectivity index (χ3v) is 8.91. The van der Waals surface area contributed by atoms with Crippen molar-refractivity contribution in [1.82, 2.24) is 14.5 Å². The Bertz CT molecular complexity index is 919. The zero-order chi connectivity index (χ0) is 24.6. The molecular weight excluding hydrogens is 458 g/mol. The van der Waals surface area contributed by atoms with Crippen LogP contribution in [0.25, 0.3) is 0 Å². The summed E-state index contributed by atoms with van der Waals surface area (Å²) in [5.74, 6) is -1.00. The van der Waals surface area contributed by atoms with E-state index in [1.54, 1.807) is 13.8 Å². The molecular formula is C24H37N3O6S. The number of hydrogen-bond acceptors (Lipinski definition) is 7. The van der Waals surface area contributed by atoms with Gasteiger partial charge in [-0.05, 0) is 37.1 Å². The lowest BCUT2D eigenvalue weighted by Crippen LogP contribution is -2.59. The van der Waals surface area contributed by atoms with Crippen LogP contribution in [0, 0.1) is 0 Å². The van der Waals surface area contributed by atoms with Crippen LogP contribution in [0.15, 0.2) is 29.2 Å². The number of ether oxygens (including phenoxy) is 2. The molecule has 0 radical (unpaired) electrons. The Kier molecular flexibility index (Phi) is 9.47. The molecule has 10 heteroatoms. The average molecular weight is 496 g/mol. The first kappa shape index (κ1) is 26.6. The first-order valence-electron chi connectivity index (χ1n) is 12.2. The van der Waals surface area contributed by atoms with E-state index in [1.807, 2.05) is 0 Å². The second-order valence-electron chi connectivity index (χ2n) is 8.85. The molecule has 1 aliphatic carbocycles. The van der Waals surface area contributed by atoms with E-state index >= 15 is 0 Å². The number of hydrogen-bond donors (Lipinski definition) is 1. The van der Waals surface area contributed by atoms with Gasteiger partial charge in [-0.2, -0.15) is 4.31 Å². The van der Waals surface area contributed by atoms with Crippen LogP contribution in [0.1, 0.15) is 56.3 Å². The van der Waals surface area contributed by atoms with E-state index in [0.29, 0.717) is 32.8 Å². The summed E-state index contributed by atoms with van der Waals surface area (Å²) in [4.78, 5) is 27.4. The molecule has 1 saturated heterocycles. The molecule has 0 atom stereocenters. The van der Waals surface area contributed by atoms with Gasteiger partial charge in [0, 0.05) is 38.3 Å². The molecule has 1 aromatic carbocycles. The van der Waals surface area contributed by atoms with E-state index in [9.17, 15) is 18.0 Å². The van der Waals surface area contributed by atoms with E-state index in [4.69, 9.17) is 9.47 Å². The van der Waals surface area contributed by atoms with Crippen LogP contribution in [0.2, 0.25) is 0 Å². The third-order valence-electron chi connectivity index (χ3n) is 6.85. The molecule has 0 unspecified atom stereocenters. The van der Waals surface area contributed by atoms with Crippen molar-refractivity contribution in [3.8, 4) is 0 Å². The van der Waals surface area contributed by atoms with Gasteiger partial charge in [0.2, 0.25) is 10.0 Å². The van der Waals surface area contributed by atoms with Crippen LogP contribution >= 0.6 is 0 Å². The van der Waals surface area contributed by atoms with Crippen molar-refractivity contribution in [3.05, 3.63) is 29.8 Å². The first-order chi connectivity index (χ1) is 16.3. The van der Waals surface area contributed by atoms with Gasteiger partial charge in [-0.15, -0.1) is 0 Å². The maximum atomic E-state index is 12.6. The standard InChI is InChI=1S/C24H37N3O6S/c1-3-27(4-2)34(30,31)21-10-8-20(9-11-21)23(29)33-18-22(28)25-19-24(12-6-5-7-13-24)26-14-16-32-17-15-26/h8-11H,3-7,12-19H2,1-2H3,(H,25,28). The third kappa shape index (κ3) is 6.35. The summed E-state index contributed by atoms with van der Waals surface area (Å²) in [6, 6.07) is 5.59. The summed E-state index contributed by atoms with van der Waals surface area (Å²) in [5, 5.41) is 2.97. The van der Waals surface area contributed by atoms with Gasteiger partial charge >= 0.3 is 5.97 Å². The van der Waals surface area contributed by atoms with Gasteiger partial charge in [0.1, 0.15) is 0 Å². The van der Waals surface area contributed by atoms with Gasteiger partial charge < -0.3 is 14.8 Å². The van der Waals surface area contributed by atoms with Crippen molar-refractivity contribution >= 4 is 21.9 Å². The fourth-order valence-electron chi connectivity index (χ4n) is 4.86. The van der Waals surface area contributed by atoms with E-state index in [0.717, 1.165) is 38.8 Å². The summed E-state index contributed by atoms with van der Waals surface area (Å²) in [5.41, 5.74) is 0.136. The Morgan fingerprint density at radius 1 is 1.06 bits per heavy atom. The molecule has 3 rings (SSSR count). The van der Waals surface area contributed by atoms with Crippen LogP contribution in [-0.4, -0.2) is 87.6 Å². The Morgan fingerprint density at radius 2 is 1.68 bits per heavy atom. The number of amides is 1. The van der Waals surface area contributed by atoms with Crippen LogP contribution in [0.4, 0.5) is 0 Å². The molecule has 1 amide bonds. The summed E-state index contributed by atoms with van der Waals surface area (Å²) in [7, 11) is -3.60. The van der Waals surface area contributed by atoms with Crippen LogP contribution in [0.5, 0.6) is 0 Å². The highest BCUT2D eigenvalue weighted by Crippen LogP contribution is 2.33. The highest BCUT2D eigenvalue weighted by molar-refractivity contribution is 7.89. The quantitative estimate of drug-likeness (QED) is 0.495. The molecule has 0 spiro atoms. The van der Waals surface area contributed by atoms with Crippen molar-refractivity contribution in [2.75, 3.05) is 52.5 Å². The number of esters is 1. The number of rotatable bonds is 10. The Labute approximate surface area is 202 Å². The zero-order valence-electron chi connectivity index (χ0n) is 20.3. The van der Waals surface area contributed by atoms with Gasteiger partial charge in [-0.25, -0.2) is 13.2 Å². The van der Waals surface area contributed by atoms with Crippen LogP contribution in [0.3, 0.4) is 0 Å². The van der Waals surface area contributed by atoms with Crippen LogP contribution in [-0.2, 0) is 24.3 Å². The number of carbonyl (C=O) groups is 2. The molecule has 2 aliphatic rings. The van der Waals surface area contributed by atoms with Crippen molar-refractivity contribution in [3.63, 3.8) is 0 Å². The van der Waals surface area contributed by atoms with E-state index in [2.05, 4.69) is 10.2 Å². The largest absolute Gasteiger partial charge is 0.452 e. The van der Waals surface area contributed by atoms with E-state index in [1.165, 1.54) is 35.0 Å². The molecule has 1 aromatic rings. The van der Waals surface area contributed by atoms with Crippen molar-refractivity contribution in [1.29, 1.82) is 0 Å². The molecule has 9 nitrogen and oxygen atoms in total. The zero-order valence-corrected chi connectivity index (χ0v) is 21.1. The summed E-state index contributed by atoms with van der Waals surface area (Å²) in [6.45, 7) is 7.58. The van der Waals surface area contributed by atoms with Crippen molar-refractivity contribution < 1.29 is 27.5 Å². The molecule has 2 fully saturated rings. The number of nitrogens with zero attached hydrogens (tertiary/aromatic N) is 2. The molecule has 34 heavy (non-hydrogen) atoms. The number of morpholine rings is 1. The fourth-order valence-corrected chi connectivity index (χ4v) is 6.31. The lowest BCUT2D eigenvalue weighted by molar-refractivity contribution is -0.125. The highest BCUT2D eigenvalue weighted by Gasteiger charge is 2.38. The molecule has 1 aliphatic heterocycles. The second kappa shape index (κ2) is 12.1. The minimum Gasteiger partial charge on any atom is -0.452 e. The molecule has 1 saturated carbocycles. The first-order valence-corrected chi connectivity index (χ1v) is 13.6. The lowest BCUT2D eigenvalue weighted by Gasteiger charge is -2.48. The monoisotopic (exact) mass is 495 g/mol. The van der Waals surface area contributed by atoms with Gasteiger partial charge in [-0.3, -0.25) is 9.69 Å². The SMILES string of the molecule is CCN(CC)S(=O)(=O)c1ccc(C(=O)OCC(=O)NCC2(N3CCOCC3)CCCCC2)cc1. The highest BCUT2D eigenvalue weighted by atomic mass is 32.2. The molecule has 0 aromatic heterocycles. The number of sulfonamides is 1. The Morgan fingerprint density at radius 3 is 2.26 bits per heavy atom. The average Bonchev–Trinajstić information content (AvgIpc) is 2.87. The minimum atomic E-state index is -3.60. The Balaban J connectivity index is 1.52. The van der Waals surface area contributed by atoms with E-state index in [-0.39, 0.29) is 28.5 Å². The molecule has 1 N–H and O–H groups in total.